The third-order valence-corrected chi connectivity index (χ3v) is 5.12. The van der Waals surface area contributed by atoms with E-state index in [1.165, 1.54) is 28.8 Å². The van der Waals surface area contributed by atoms with E-state index in [4.69, 9.17) is 0 Å². The van der Waals surface area contributed by atoms with Crippen LogP contribution in [0.5, 0.6) is 0 Å². The van der Waals surface area contributed by atoms with E-state index in [1.807, 2.05) is 19.9 Å². The van der Waals surface area contributed by atoms with Crippen molar-refractivity contribution < 1.29 is 4.92 Å². The highest BCUT2D eigenvalue weighted by atomic mass is 16.6. The summed E-state index contributed by atoms with van der Waals surface area (Å²) in [5.74, 6) is 0. The Hall–Kier alpha value is -3.65. The molecule has 0 atom stereocenters. The van der Waals surface area contributed by atoms with Crippen molar-refractivity contribution >= 4 is 17.3 Å². The van der Waals surface area contributed by atoms with Crippen LogP contribution in [0.25, 0.3) is 17.3 Å². The summed E-state index contributed by atoms with van der Waals surface area (Å²) in [5.41, 5.74) is 8.68. The van der Waals surface area contributed by atoms with E-state index in [-0.39, 0.29) is 5.69 Å². The van der Waals surface area contributed by atoms with Crippen molar-refractivity contribution in [2.45, 2.75) is 34.6 Å². The van der Waals surface area contributed by atoms with E-state index < -0.39 is 4.92 Å². The molecule has 29 heavy (non-hydrogen) atoms. The van der Waals surface area contributed by atoms with Gasteiger partial charge in [0.2, 0.25) is 0 Å². The number of aromatic nitrogens is 1. The van der Waals surface area contributed by atoms with Crippen LogP contribution in [0.1, 0.15) is 39.2 Å². The van der Waals surface area contributed by atoms with Crippen molar-refractivity contribution in [2.75, 3.05) is 0 Å². The fraction of sp³-hybridized carbons (Fsp3) is 0.208. The number of nitro benzene ring substituents is 1. The Bertz CT molecular complexity index is 1170. The van der Waals surface area contributed by atoms with Crippen molar-refractivity contribution in [3.8, 4) is 11.8 Å². The Labute approximate surface area is 170 Å². The van der Waals surface area contributed by atoms with E-state index in [1.54, 1.807) is 18.2 Å². The number of hydrogen-bond donors (Lipinski definition) is 0. The Balaban J connectivity index is 2.14. The molecule has 1 heterocycles. The van der Waals surface area contributed by atoms with Gasteiger partial charge in [0.05, 0.1) is 22.3 Å². The molecule has 0 radical (unpaired) electrons. The van der Waals surface area contributed by atoms with Crippen LogP contribution in [-0.4, -0.2) is 9.49 Å². The lowest BCUT2D eigenvalue weighted by Crippen LogP contribution is -2.04. The van der Waals surface area contributed by atoms with Crippen molar-refractivity contribution in [2.24, 2.45) is 0 Å². The molecule has 0 aliphatic heterocycles. The molecular weight excluding hydrogens is 362 g/mol. The minimum absolute atomic E-state index is 0.0278. The number of nitriles is 1. The quantitative estimate of drug-likeness (QED) is 0.314. The number of aryl methyl sites for hydroxylation is 4. The van der Waals surface area contributed by atoms with Crippen LogP contribution in [0, 0.1) is 56.1 Å². The molecule has 3 aromatic rings. The zero-order chi connectivity index (χ0) is 21.3. The van der Waals surface area contributed by atoms with E-state index in [0.717, 1.165) is 22.6 Å². The first kappa shape index (κ1) is 20.1. The van der Waals surface area contributed by atoms with Crippen LogP contribution in [0.2, 0.25) is 0 Å². The lowest BCUT2D eigenvalue weighted by molar-refractivity contribution is -0.384. The first-order valence-corrected chi connectivity index (χ1v) is 9.36. The number of nitro groups is 1. The maximum absolute atomic E-state index is 11.1. The predicted octanol–water partition coefficient (Wildman–Crippen LogP) is 5.99. The summed E-state index contributed by atoms with van der Waals surface area (Å²) in [7, 11) is 0. The molecule has 5 nitrogen and oxygen atoms in total. The predicted molar refractivity (Wildman–Crippen MR) is 116 cm³/mol. The molecule has 0 unspecified atom stereocenters. The second kappa shape index (κ2) is 7.76. The third kappa shape index (κ3) is 3.83. The SMILES string of the molecule is Cc1cc(C)c(-n2c(C)cc(/C=C(/C#N)c3cccc([N+](=O)[O-])c3)c2C)c(C)c1. The molecule has 0 saturated heterocycles. The Morgan fingerprint density at radius 3 is 2.31 bits per heavy atom. The van der Waals surface area contributed by atoms with Gasteiger partial charge in [-0.3, -0.25) is 10.1 Å². The molecule has 0 N–H and O–H groups in total. The van der Waals surface area contributed by atoms with Crippen LogP contribution in [-0.2, 0) is 0 Å². The van der Waals surface area contributed by atoms with Gasteiger partial charge in [-0.2, -0.15) is 5.26 Å². The number of nitrogens with zero attached hydrogens (tertiary/aromatic N) is 3. The van der Waals surface area contributed by atoms with E-state index in [0.29, 0.717) is 11.1 Å². The van der Waals surface area contributed by atoms with E-state index in [2.05, 4.69) is 43.5 Å². The Kier molecular flexibility index (Phi) is 5.38. The summed E-state index contributed by atoms with van der Waals surface area (Å²) < 4.78 is 2.21. The van der Waals surface area contributed by atoms with Gasteiger partial charge in [0, 0.05) is 23.5 Å². The van der Waals surface area contributed by atoms with Gasteiger partial charge in [-0.15, -0.1) is 0 Å². The van der Waals surface area contributed by atoms with Gasteiger partial charge < -0.3 is 4.57 Å². The van der Waals surface area contributed by atoms with Gasteiger partial charge in [-0.05, 0) is 69.0 Å². The number of hydrogen-bond acceptors (Lipinski definition) is 3. The molecule has 0 spiro atoms. The van der Waals surface area contributed by atoms with Crippen molar-refractivity contribution in [3.63, 3.8) is 0 Å². The van der Waals surface area contributed by atoms with Crippen LogP contribution >= 0.6 is 0 Å². The highest BCUT2D eigenvalue weighted by Gasteiger charge is 2.15. The molecule has 0 bridgehead atoms. The summed E-state index contributed by atoms with van der Waals surface area (Å²) in [4.78, 5) is 10.6. The molecule has 0 aliphatic carbocycles. The minimum Gasteiger partial charge on any atom is -0.317 e. The van der Waals surface area contributed by atoms with Gasteiger partial charge in [-0.25, -0.2) is 0 Å². The van der Waals surface area contributed by atoms with Gasteiger partial charge in [0.1, 0.15) is 0 Å². The number of rotatable bonds is 4. The second-order valence-electron chi connectivity index (χ2n) is 7.39. The fourth-order valence-corrected chi connectivity index (χ4v) is 3.93. The molecule has 3 rings (SSSR count). The van der Waals surface area contributed by atoms with Gasteiger partial charge in [0.15, 0.2) is 0 Å². The zero-order valence-electron chi connectivity index (χ0n) is 17.3. The normalized spacial score (nSPS) is 11.4. The highest BCUT2D eigenvalue weighted by molar-refractivity contribution is 5.90. The van der Waals surface area contributed by atoms with Gasteiger partial charge >= 0.3 is 0 Å². The molecule has 0 fully saturated rings. The lowest BCUT2D eigenvalue weighted by atomic mass is 10.0. The third-order valence-electron chi connectivity index (χ3n) is 5.12. The summed E-state index contributed by atoms with van der Waals surface area (Å²) in [6.07, 6.45) is 1.80. The topological polar surface area (TPSA) is 71.9 Å². The smallest absolute Gasteiger partial charge is 0.270 e. The zero-order valence-corrected chi connectivity index (χ0v) is 17.3. The molecule has 5 heteroatoms. The average Bonchev–Trinajstić information content (AvgIpc) is 2.93. The van der Waals surface area contributed by atoms with Crippen molar-refractivity contribution in [1.29, 1.82) is 5.26 Å². The van der Waals surface area contributed by atoms with Gasteiger partial charge in [-0.1, -0.05) is 29.8 Å². The van der Waals surface area contributed by atoms with Crippen molar-refractivity contribution in [1.82, 2.24) is 4.57 Å². The summed E-state index contributed by atoms with van der Waals surface area (Å²) >= 11 is 0. The maximum Gasteiger partial charge on any atom is 0.270 e. The van der Waals surface area contributed by atoms with E-state index >= 15 is 0 Å². The van der Waals surface area contributed by atoms with Crippen LogP contribution in [0.15, 0.2) is 42.5 Å². The molecule has 0 amide bonds. The molecule has 2 aromatic carbocycles. The Morgan fingerprint density at radius 1 is 1.07 bits per heavy atom. The first-order valence-electron chi connectivity index (χ1n) is 9.36. The largest absolute Gasteiger partial charge is 0.317 e. The monoisotopic (exact) mass is 385 g/mol. The van der Waals surface area contributed by atoms with E-state index in [9.17, 15) is 15.4 Å². The Morgan fingerprint density at radius 2 is 1.72 bits per heavy atom. The molecule has 0 saturated carbocycles. The highest BCUT2D eigenvalue weighted by Crippen LogP contribution is 2.29. The first-order chi connectivity index (χ1) is 13.7. The van der Waals surface area contributed by atoms with Crippen LogP contribution in [0.3, 0.4) is 0 Å². The number of allylic oxidation sites excluding steroid dienone is 1. The number of benzene rings is 2. The maximum atomic E-state index is 11.1. The van der Waals surface area contributed by atoms with Crippen LogP contribution in [0.4, 0.5) is 5.69 Å². The molecule has 146 valence electrons. The molecular formula is C24H23N3O2. The summed E-state index contributed by atoms with van der Waals surface area (Å²) in [6, 6.07) is 14.7. The standard InChI is InChI=1S/C24H23N3O2/c1-15-9-16(2)24(17(3)10-15)26-18(4)11-21(19(26)5)12-22(14-25)20-7-6-8-23(13-20)27(28)29/h6-13H,1-5H3/b22-12-. The van der Waals surface area contributed by atoms with Crippen LogP contribution < -0.4 is 0 Å². The molecule has 1 aromatic heterocycles. The lowest BCUT2D eigenvalue weighted by Gasteiger charge is -2.17. The fourth-order valence-electron chi connectivity index (χ4n) is 3.93. The summed E-state index contributed by atoms with van der Waals surface area (Å²) in [5, 5.41) is 20.7. The minimum atomic E-state index is -0.451. The summed E-state index contributed by atoms with van der Waals surface area (Å²) in [6.45, 7) is 10.4. The van der Waals surface area contributed by atoms with Gasteiger partial charge in [0.25, 0.3) is 5.69 Å². The second-order valence-corrected chi connectivity index (χ2v) is 7.39. The number of non-ortho nitro benzene ring substituents is 1. The van der Waals surface area contributed by atoms with Crippen molar-refractivity contribution in [3.05, 3.63) is 91.8 Å². The average molecular weight is 385 g/mol. The molecule has 0 aliphatic rings.